The molecule has 0 amide bonds. The molecule has 1 aromatic carbocycles. The summed E-state index contributed by atoms with van der Waals surface area (Å²) in [6.07, 6.45) is -0.650. The highest BCUT2D eigenvalue weighted by Crippen LogP contribution is 2.22. The summed E-state index contributed by atoms with van der Waals surface area (Å²) in [5, 5.41) is 9.42. The molecule has 0 aliphatic rings. The number of aliphatic hydroxyl groups is 1. The number of nitrogen functional groups attached to an aromatic ring is 1. The molecular weight excluding hydrogens is 218 g/mol. The van der Waals surface area contributed by atoms with Gasteiger partial charge in [0.25, 0.3) is 0 Å². The summed E-state index contributed by atoms with van der Waals surface area (Å²) in [5.41, 5.74) is 6.61. The summed E-state index contributed by atoms with van der Waals surface area (Å²) in [4.78, 5) is 11.8. The molecular formula is C13H19NO3. The highest BCUT2D eigenvalue weighted by atomic mass is 16.6. The molecule has 1 aromatic rings. The van der Waals surface area contributed by atoms with Gasteiger partial charge in [-0.25, -0.2) is 4.79 Å². The molecule has 4 heteroatoms. The molecule has 0 fully saturated rings. The normalized spacial score (nSPS) is 13.2. The maximum Gasteiger partial charge on any atom is 0.338 e. The van der Waals surface area contributed by atoms with E-state index < -0.39 is 17.7 Å². The largest absolute Gasteiger partial charge is 0.456 e. The lowest BCUT2D eigenvalue weighted by atomic mass is 10.1. The summed E-state index contributed by atoms with van der Waals surface area (Å²) < 4.78 is 5.22. The molecule has 94 valence electrons. The standard InChI is InChI=1S/C13H19NO3/c1-8(15)10-6-5-9(7-11(10)14)12(16)17-13(2,3)4/h5-8,15H,14H2,1-4H3/t8-/m0/s1. The van der Waals surface area contributed by atoms with Gasteiger partial charge in [0, 0.05) is 11.3 Å². The van der Waals surface area contributed by atoms with Gasteiger partial charge in [-0.1, -0.05) is 6.07 Å². The van der Waals surface area contributed by atoms with E-state index in [0.29, 0.717) is 16.8 Å². The summed E-state index contributed by atoms with van der Waals surface area (Å²) in [6.45, 7) is 7.04. The van der Waals surface area contributed by atoms with Crippen LogP contribution in [0.5, 0.6) is 0 Å². The van der Waals surface area contributed by atoms with Gasteiger partial charge in [0.1, 0.15) is 5.60 Å². The second-order valence-electron chi connectivity index (χ2n) is 5.02. The number of esters is 1. The van der Waals surface area contributed by atoms with Crippen molar-refractivity contribution in [3.8, 4) is 0 Å². The highest BCUT2D eigenvalue weighted by Gasteiger charge is 2.18. The van der Waals surface area contributed by atoms with Crippen LogP contribution in [0, 0.1) is 0 Å². The first-order valence-electron chi connectivity index (χ1n) is 5.51. The number of rotatable bonds is 2. The minimum atomic E-state index is -0.650. The second kappa shape index (κ2) is 4.75. The van der Waals surface area contributed by atoms with E-state index in [1.807, 2.05) is 0 Å². The van der Waals surface area contributed by atoms with Crippen molar-refractivity contribution in [3.63, 3.8) is 0 Å². The Bertz CT molecular complexity index is 419. The van der Waals surface area contributed by atoms with Crippen LogP contribution in [0.3, 0.4) is 0 Å². The number of hydrogen-bond acceptors (Lipinski definition) is 4. The first kappa shape index (κ1) is 13.5. The van der Waals surface area contributed by atoms with Gasteiger partial charge in [-0.15, -0.1) is 0 Å². The Labute approximate surface area is 101 Å². The lowest BCUT2D eigenvalue weighted by Gasteiger charge is -2.20. The minimum Gasteiger partial charge on any atom is -0.456 e. The average Bonchev–Trinajstić information content (AvgIpc) is 2.14. The van der Waals surface area contributed by atoms with E-state index in [9.17, 15) is 9.90 Å². The van der Waals surface area contributed by atoms with E-state index in [1.165, 1.54) is 6.07 Å². The molecule has 0 saturated heterocycles. The van der Waals surface area contributed by atoms with Crippen molar-refractivity contribution in [2.45, 2.75) is 39.4 Å². The molecule has 0 unspecified atom stereocenters. The molecule has 0 saturated carbocycles. The molecule has 17 heavy (non-hydrogen) atoms. The zero-order chi connectivity index (χ0) is 13.2. The molecule has 1 rings (SSSR count). The molecule has 4 nitrogen and oxygen atoms in total. The van der Waals surface area contributed by atoms with Gasteiger partial charge in [-0.2, -0.15) is 0 Å². The lowest BCUT2D eigenvalue weighted by Crippen LogP contribution is -2.24. The predicted molar refractivity (Wildman–Crippen MR) is 66.7 cm³/mol. The van der Waals surface area contributed by atoms with Gasteiger partial charge in [0.15, 0.2) is 0 Å². The summed E-state index contributed by atoms with van der Waals surface area (Å²) in [6, 6.07) is 4.77. The topological polar surface area (TPSA) is 72.5 Å². The van der Waals surface area contributed by atoms with E-state index in [4.69, 9.17) is 10.5 Å². The van der Waals surface area contributed by atoms with Crippen LogP contribution in [0.1, 0.15) is 49.7 Å². The third-order valence-corrected chi connectivity index (χ3v) is 2.17. The van der Waals surface area contributed by atoms with Crippen LogP contribution in [0.25, 0.3) is 0 Å². The van der Waals surface area contributed by atoms with Gasteiger partial charge in [0.05, 0.1) is 11.7 Å². The average molecular weight is 237 g/mol. The number of hydrogen-bond donors (Lipinski definition) is 2. The SMILES string of the molecule is C[C@H](O)c1ccc(C(=O)OC(C)(C)C)cc1N. The Morgan fingerprint density at radius 1 is 1.41 bits per heavy atom. The summed E-state index contributed by atoms with van der Waals surface area (Å²) >= 11 is 0. The van der Waals surface area contributed by atoms with Gasteiger partial charge in [0.2, 0.25) is 0 Å². The van der Waals surface area contributed by atoms with Crippen LogP contribution < -0.4 is 5.73 Å². The first-order valence-corrected chi connectivity index (χ1v) is 5.51. The van der Waals surface area contributed by atoms with Gasteiger partial charge in [-0.3, -0.25) is 0 Å². The molecule has 0 heterocycles. The molecule has 0 bridgehead atoms. The number of benzene rings is 1. The molecule has 3 N–H and O–H groups in total. The van der Waals surface area contributed by atoms with E-state index in [1.54, 1.807) is 39.8 Å². The van der Waals surface area contributed by atoms with Crippen LogP contribution in [0.2, 0.25) is 0 Å². The zero-order valence-corrected chi connectivity index (χ0v) is 10.7. The third-order valence-electron chi connectivity index (χ3n) is 2.17. The smallest absolute Gasteiger partial charge is 0.338 e. The molecule has 1 atom stereocenters. The van der Waals surface area contributed by atoms with E-state index >= 15 is 0 Å². The monoisotopic (exact) mass is 237 g/mol. The Balaban J connectivity index is 2.94. The summed E-state index contributed by atoms with van der Waals surface area (Å²) in [7, 11) is 0. The maximum absolute atomic E-state index is 11.8. The predicted octanol–water partition coefficient (Wildman–Crippen LogP) is 2.28. The van der Waals surface area contributed by atoms with Gasteiger partial charge >= 0.3 is 5.97 Å². The Morgan fingerprint density at radius 2 is 2.00 bits per heavy atom. The van der Waals surface area contributed by atoms with Crippen molar-refractivity contribution in [1.82, 2.24) is 0 Å². The van der Waals surface area contributed by atoms with Crippen LogP contribution in [0.15, 0.2) is 18.2 Å². The van der Waals surface area contributed by atoms with E-state index in [2.05, 4.69) is 0 Å². The minimum absolute atomic E-state index is 0.391. The number of carbonyl (C=O) groups is 1. The highest BCUT2D eigenvalue weighted by molar-refractivity contribution is 5.91. The van der Waals surface area contributed by atoms with Crippen molar-refractivity contribution in [2.75, 3.05) is 5.73 Å². The fourth-order valence-electron chi connectivity index (χ4n) is 1.42. The van der Waals surface area contributed by atoms with Crippen molar-refractivity contribution in [2.24, 2.45) is 0 Å². The Morgan fingerprint density at radius 3 is 2.41 bits per heavy atom. The summed E-state index contributed by atoms with van der Waals surface area (Å²) in [5.74, 6) is -0.415. The van der Waals surface area contributed by atoms with Crippen LogP contribution in [-0.4, -0.2) is 16.7 Å². The third kappa shape index (κ3) is 3.75. The lowest BCUT2D eigenvalue weighted by molar-refractivity contribution is 0.00694. The van der Waals surface area contributed by atoms with Gasteiger partial charge < -0.3 is 15.6 Å². The number of nitrogens with two attached hydrogens (primary N) is 1. The quantitative estimate of drug-likeness (QED) is 0.611. The van der Waals surface area contributed by atoms with Crippen molar-refractivity contribution < 1.29 is 14.6 Å². The molecule has 0 aliphatic carbocycles. The number of anilines is 1. The van der Waals surface area contributed by atoms with E-state index in [0.717, 1.165) is 0 Å². The fraction of sp³-hybridized carbons (Fsp3) is 0.462. The Hall–Kier alpha value is -1.55. The number of aliphatic hydroxyl groups excluding tert-OH is 1. The van der Waals surface area contributed by atoms with Crippen LogP contribution in [0.4, 0.5) is 5.69 Å². The number of ether oxygens (including phenoxy) is 1. The molecule has 0 spiro atoms. The molecule has 0 aromatic heterocycles. The van der Waals surface area contributed by atoms with Crippen molar-refractivity contribution in [3.05, 3.63) is 29.3 Å². The van der Waals surface area contributed by atoms with Crippen molar-refractivity contribution >= 4 is 11.7 Å². The second-order valence-corrected chi connectivity index (χ2v) is 5.02. The van der Waals surface area contributed by atoms with Crippen LogP contribution >= 0.6 is 0 Å². The first-order chi connectivity index (χ1) is 7.70. The molecule has 0 radical (unpaired) electrons. The Kier molecular flexibility index (Phi) is 3.78. The van der Waals surface area contributed by atoms with Crippen molar-refractivity contribution in [1.29, 1.82) is 0 Å². The fourth-order valence-corrected chi connectivity index (χ4v) is 1.42. The molecule has 0 aliphatic heterocycles. The maximum atomic E-state index is 11.8. The number of carbonyl (C=O) groups excluding carboxylic acids is 1. The van der Waals surface area contributed by atoms with E-state index in [-0.39, 0.29) is 0 Å². The zero-order valence-electron chi connectivity index (χ0n) is 10.7. The van der Waals surface area contributed by atoms with Gasteiger partial charge in [-0.05, 0) is 39.8 Å². The van der Waals surface area contributed by atoms with Crippen LogP contribution in [-0.2, 0) is 4.74 Å².